The van der Waals surface area contributed by atoms with Crippen LogP contribution in [0.2, 0.25) is 0 Å². The van der Waals surface area contributed by atoms with Crippen LogP contribution in [-0.2, 0) is 0 Å². The van der Waals surface area contributed by atoms with Gasteiger partial charge in [-0.15, -0.1) is 0 Å². The summed E-state index contributed by atoms with van der Waals surface area (Å²) in [5, 5.41) is 15.0. The van der Waals surface area contributed by atoms with Crippen molar-refractivity contribution in [3.8, 4) is 5.75 Å². The summed E-state index contributed by atoms with van der Waals surface area (Å²) in [6.45, 7) is 0. The Balaban J connectivity index is 2.70. The monoisotopic (exact) mass is 186 g/mol. The van der Waals surface area contributed by atoms with Crippen molar-refractivity contribution in [1.82, 2.24) is 0 Å². The third-order valence-electron chi connectivity index (χ3n) is 2.11. The van der Waals surface area contributed by atoms with Gasteiger partial charge in [0.05, 0.1) is 6.21 Å². The molecule has 0 amide bonds. The molecule has 0 atom stereocenters. The first kappa shape index (κ1) is 8.56. The number of phenols is 1. The first-order chi connectivity index (χ1) is 6.81. The molecule has 0 saturated heterocycles. The molecular weight excluding hydrogens is 176 g/mol. The molecule has 3 nitrogen and oxygen atoms in total. The lowest BCUT2D eigenvalue weighted by molar-refractivity contribution is 0.475. The average molecular weight is 186 g/mol. The van der Waals surface area contributed by atoms with Crippen LogP contribution >= 0.6 is 0 Å². The van der Waals surface area contributed by atoms with Gasteiger partial charge >= 0.3 is 0 Å². The standard InChI is InChI=1S/C11H10N2O/c12-13-7-10-5-8-3-1-2-4-9(8)6-11(10)14/h1-7,14H,12H2/b13-7-. The van der Waals surface area contributed by atoms with E-state index in [2.05, 4.69) is 5.10 Å². The molecule has 0 aliphatic carbocycles. The molecule has 2 aromatic carbocycles. The second kappa shape index (κ2) is 3.38. The molecule has 3 heteroatoms. The van der Waals surface area contributed by atoms with E-state index in [1.807, 2.05) is 30.3 Å². The third-order valence-corrected chi connectivity index (χ3v) is 2.11. The van der Waals surface area contributed by atoms with Crippen molar-refractivity contribution in [2.45, 2.75) is 0 Å². The number of nitrogens with zero attached hydrogens (tertiary/aromatic N) is 1. The molecule has 0 aromatic heterocycles. The topological polar surface area (TPSA) is 58.6 Å². The number of nitrogens with two attached hydrogens (primary N) is 1. The lowest BCUT2D eigenvalue weighted by Crippen LogP contribution is -1.87. The van der Waals surface area contributed by atoms with E-state index in [1.165, 1.54) is 6.21 Å². The second-order valence-electron chi connectivity index (χ2n) is 3.04. The van der Waals surface area contributed by atoms with Crippen molar-refractivity contribution in [1.29, 1.82) is 0 Å². The summed E-state index contributed by atoms with van der Waals surface area (Å²) in [6, 6.07) is 11.3. The van der Waals surface area contributed by atoms with Crippen LogP contribution in [0, 0.1) is 0 Å². The predicted octanol–water partition coefficient (Wildman–Crippen LogP) is 1.84. The summed E-state index contributed by atoms with van der Waals surface area (Å²) < 4.78 is 0. The minimum Gasteiger partial charge on any atom is -0.507 e. The molecule has 70 valence electrons. The van der Waals surface area contributed by atoms with Crippen molar-refractivity contribution < 1.29 is 5.11 Å². The number of fused-ring (bicyclic) bond motifs is 1. The van der Waals surface area contributed by atoms with Gasteiger partial charge in [0.15, 0.2) is 0 Å². The smallest absolute Gasteiger partial charge is 0.125 e. The lowest BCUT2D eigenvalue weighted by Gasteiger charge is -2.01. The SMILES string of the molecule is N/N=C\c1cc2ccccc2cc1O. The van der Waals surface area contributed by atoms with Crippen LogP contribution in [0.4, 0.5) is 0 Å². The van der Waals surface area contributed by atoms with Crippen LogP contribution in [0.15, 0.2) is 41.5 Å². The van der Waals surface area contributed by atoms with Crippen LogP contribution in [0.3, 0.4) is 0 Å². The average Bonchev–Trinajstić information content (AvgIpc) is 2.19. The number of benzene rings is 2. The summed E-state index contributed by atoms with van der Waals surface area (Å²) in [7, 11) is 0. The van der Waals surface area contributed by atoms with Gasteiger partial charge < -0.3 is 10.9 Å². The molecule has 0 bridgehead atoms. The zero-order chi connectivity index (χ0) is 9.97. The van der Waals surface area contributed by atoms with Crippen LogP contribution in [0.1, 0.15) is 5.56 Å². The highest BCUT2D eigenvalue weighted by molar-refractivity contribution is 5.93. The van der Waals surface area contributed by atoms with Crippen molar-refractivity contribution in [2.24, 2.45) is 10.9 Å². The largest absolute Gasteiger partial charge is 0.507 e. The zero-order valence-corrected chi connectivity index (χ0v) is 7.51. The molecular formula is C11H10N2O. The lowest BCUT2D eigenvalue weighted by atomic mass is 10.1. The maximum Gasteiger partial charge on any atom is 0.125 e. The molecule has 0 fully saturated rings. The van der Waals surface area contributed by atoms with E-state index >= 15 is 0 Å². The first-order valence-electron chi connectivity index (χ1n) is 4.26. The minimum atomic E-state index is 0.193. The molecule has 2 rings (SSSR count). The van der Waals surface area contributed by atoms with E-state index in [-0.39, 0.29) is 5.75 Å². The molecule has 2 aromatic rings. The van der Waals surface area contributed by atoms with Gasteiger partial charge in [0.2, 0.25) is 0 Å². The highest BCUT2D eigenvalue weighted by atomic mass is 16.3. The van der Waals surface area contributed by atoms with E-state index in [9.17, 15) is 5.11 Å². The van der Waals surface area contributed by atoms with E-state index in [1.54, 1.807) is 6.07 Å². The van der Waals surface area contributed by atoms with Crippen LogP contribution in [0.5, 0.6) is 5.75 Å². The molecule has 3 N–H and O–H groups in total. The van der Waals surface area contributed by atoms with Gasteiger partial charge in [-0.3, -0.25) is 0 Å². The first-order valence-corrected chi connectivity index (χ1v) is 4.26. The second-order valence-corrected chi connectivity index (χ2v) is 3.04. The summed E-state index contributed by atoms with van der Waals surface area (Å²) in [5.74, 6) is 5.22. The van der Waals surface area contributed by atoms with Gasteiger partial charge in [0.1, 0.15) is 5.75 Å². The molecule has 0 radical (unpaired) electrons. The van der Waals surface area contributed by atoms with Crippen LogP contribution < -0.4 is 5.84 Å². The Labute approximate surface area is 81.5 Å². The number of hydrogen-bond acceptors (Lipinski definition) is 3. The maximum absolute atomic E-state index is 9.59. The van der Waals surface area contributed by atoms with E-state index < -0.39 is 0 Å². The predicted molar refractivity (Wildman–Crippen MR) is 57.4 cm³/mol. The fraction of sp³-hybridized carbons (Fsp3) is 0. The summed E-state index contributed by atoms with van der Waals surface area (Å²) >= 11 is 0. The summed E-state index contributed by atoms with van der Waals surface area (Å²) in [4.78, 5) is 0. The van der Waals surface area contributed by atoms with Crippen molar-refractivity contribution in [3.63, 3.8) is 0 Å². The fourth-order valence-electron chi connectivity index (χ4n) is 1.43. The number of phenolic OH excluding ortho intramolecular Hbond substituents is 1. The van der Waals surface area contributed by atoms with Gasteiger partial charge in [0.25, 0.3) is 0 Å². The Morgan fingerprint density at radius 3 is 2.43 bits per heavy atom. The highest BCUT2D eigenvalue weighted by Gasteiger charge is 2.00. The number of aromatic hydroxyl groups is 1. The third kappa shape index (κ3) is 1.40. The Morgan fingerprint density at radius 1 is 1.14 bits per heavy atom. The van der Waals surface area contributed by atoms with Crippen molar-refractivity contribution in [2.75, 3.05) is 0 Å². The van der Waals surface area contributed by atoms with Gasteiger partial charge in [0, 0.05) is 5.56 Å². The molecule has 14 heavy (non-hydrogen) atoms. The van der Waals surface area contributed by atoms with E-state index in [4.69, 9.17) is 5.84 Å². The van der Waals surface area contributed by atoms with Gasteiger partial charge in [-0.2, -0.15) is 5.10 Å². The molecule has 0 spiro atoms. The quantitative estimate of drug-likeness (QED) is 0.405. The van der Waals surface area contributed by atoms with Crippen LogP contribution in [0.25, 0.3) is 10.8 Å². The number of hydrazone groups is 1. The highest BCUT2D eigenvalue weighted by Crippen LogP contribution is 2.23. The normalized spacial score (nSPS) is 11.1. The fourth-order valence-corrected chi connectivity index (χ4v) is 1.43. The summed E-state index contributed by atoms with van der Waals surface area (Å²) in [5.41, 5.74) is 0.631. The molecule has 0 heterocycles. The van der Waals surface area contributed by atoms with Crippen LogP contribution in [-0.4, -0.2) is 11.3 Å². The minimum absolute atomic E-state index is 0.193. The molecule has 0 saturated carbocycles. The zero-order valence-electron chi connectivity index (χ0n) is 7.51. The summed E-state index contributed by atoms with van der Waals surface area (Å²) in [6.07, 6.45) is 1.43. The van der Waals surface area contributed by atoms with E-state index in [0.717, 1.165) is 10.8 Å². The molecule has 0 aliphatic heterocycles. The Morgan fingerprint density at radius 2 is 1.79 bits per heavy atom. The Hall–Kier alpha value is -2.03. The maximum atomic E-state index is 9.59. The number of hydrogen-bond donors (Lipinski definition) is 2. The van der Waals surface area contributed by atoms with Gasteiger partial charge in [-0.05, 0) is 22.9 Å². The van der Waals surface area contributed by atoms with Gasteiger partial charge in [-0.1, -0.05) is 24.3 Å². The number of rotatable bonds is 1. The Kier molecular flexibility index (Phi) is 2.07. The Bertz CT molecular complexity index is 492. The molecule has 0 aliphatic rings. The van der Waals surface area contributed by atoms with Gasteiger partial charge in [-0.25, -0.2) is 0 Å². The molecule has 0 unspecified atom stereocenters. The van der Waals surface area contributed by atoms with Crippen molar-refractivity contribution >= 4 is 17.0 Å². The van der Waals surface area contributed by atoms with E-state index in [0.29, 0.717) is 5.56 Å². The van der Waals surface area contributed by atoms with Crippen molar-refractivity contribution in [3.05, 3.63) is 42.0 Å².